The Morgan fingerprint density at radius 1 is 0.900 bits per heavy atom. The van der Waals surface area contributed by atoms with E-state index in [4.69, 9.17) is 12.2 Å². The van der Waals surface area contributed by atoms with Crippen LogP contribution in [-0.4, -0.2) is 15.2 Å². The maximum atomic E-state index is 5.06. The van der Waals surface area contributed by atoms with E-state index in [1.165, 1.54) is 0 Å². The summed E-state index contributed by atoms with van der Waals surface area (Å²) in [5, 5.41) is 10.3. The zero-order chi connectivity index (χ0) is 13.8. The van der Waals surface area contributed by atoms with Crippen LogP contribution in [0.4, 0.5) is 11.5 Å². The Morgan fingerprint density at radius 2 is 1.55 bits per heavy atom. The molecule has 0 radical (unpaired) electrons. The molecule has 2 aromatic carbocycles. The molecule has 0 aliphatic heterocycles. The largest absolute Gasteiger partial charge is 0.338 e. The Bertz CT molecular complexity index is 754. The molecule has 1 aromatic heterocycles. The highest BCUT2D eigenvalue weighted by atomic mass is 32.1. The Hall–Kier alpha value is -2.53. The molecule has 0 fully saturated rings. The minimum atomic E-state index is 0.350. The van der Waals surface area contributed by atoms with Gasteiger partial charge in [-0.1, -0.05) is 48.5 Å². The van der Waals surface area contributed by atoms with Crippen LogP contribution in [0.5, 0.6) is 0 Å². The molecule has 0 bridgehead atoms. The van der Waals surface area contributed by atoms with Crippen LogP contribution in [0.1, 0.15) is 0 Å². The SMILES string of the molecule is S=c1nc(Nc2ccccc2)c(-c2ccccc2)n[nH]1. The Labute approximate surface area is 121 Å². The van der Waals surface area contributed by atoms with Gasteiger partial charge in [0.25, 0.3) is 0 Å². The van der Waals surface area contributed by atoms with Crippen molar-refractivity contribution in [1.82, 2.24) is 15.2 Å². The highest BCUT2D eigenvalue weighted by Gasteiger charge is 2.08. The van der Waals surface area contributed by atoms with Crippen LogP contribution in [0.15, 0.2) is 60.7 Å². The molecule has 0 spiro atoms. The zero-order valence-electron chi connectivity index (χ0n) is 10.6. The first kappa shape index (κ1) is 12.5. The highest BCUT2D eigenvalue weighted by Crippen LogP contribution is 2.25. The molecule has 3 aromatic rings. The lowest BCUT2D eigenvalue weighted by atomic mass is 10.1. The molecule has 0 saturated heterocycles. The van der Waals surface area contributed by atoms with Gasteiger partial charge >= 0.3 is 0 Å². The second kappa shape index (κ2) is 5.63. The van der Waals surface area contributed by atoms with Crippen molar-refractivity contribution in [2.45, 2.75) is 0 Å². The Morgan fingerprint density at radius 3 is 2.25 bits per heavy atom. The molecule has 3 rings (SSSR count). The number of nitrogens with zero attached hydrogens (tertiary/aromatic N) is 2. The van der Waals surface area contributed by atoms with Crippen LogP contribution in [0.3, 0.4) is 0 Å². The zero-order valence-corrected chi connectivity index (χ0v) is 11.4. The number of hydrogen-bond donors (Lipinski definition) is 2. The monoisotopic (exact) mass is 280 g/mol. The molecule has 20 heavy (non-hydrogen) atoms. The van der Waals surface area contributed by atoms with E-state index in [0.29, 0.717) is 10.6 Å². The summed E-state index contributed by atoms with van der Waals surface area (Å²) in [4.78, 5) is 4.33. The number of H-pyrrole nitrogens is 1. The highest BCUT2D eigenvalue weighted by molar-refractivity contribution is 7.71. The summed E-state index contributed by atoms with van der Waals surface area (Å²) in [7, 11) is 0. The van der Waals surface area contributed by atoms with Crippen LogP contribution < -0.4 is 5.32 Å². The molecule has 0 aliphatic rings. The molecule has 0 saturated carbocycles. The first-order valence-electron chi connectivity index (χ1n) is 6.17. The van der Waals surface area contributed by atoms with Crippen molar-refractivity contribution in [2.75, 3.05) is 5.32 Å². The van der Waals surface area contributed by atoms with Crippen molar-refractivity contribution < 1.29 is 0 Å². The molecule has 0 aliphatic carbocycles. The van der Waals surface area contributed by atoms with E-state index >= 15 is 0 Å². The van der Waals surface area contributed by atoms with E-state index in [1.807, 2.05) is 60.7 Å². The van der Waals surface area contributed by atoms with Crippen molar-refractivity contribution in [3.05, 3.63) is 65.4 Å². The third-order valence-corrected chi connectivity index (χ3v) is 2.97. The van der Waals surface area contributed by atoms with Gasteiger partial charge in [0.05, 0.1) is 0 Å². The van der Waals surface area contributed by atoms with Crippen LogP contribution in [0.2, 0.25) is 0 Å². The maximum Gasteiger partial charge on any atom is 0.215 e. The number of hydrogen-bond acceptors (Lipinski definition) is 4. The summed E-state index contributed by atoms with van der Waals surface area (Å²) < 4.78 is 0.350. The summed E-state index contributed by atoms with van der Waals surface area (Å²) in [6.45, 7) is 0. The van der Waals surface area contributed by atoms with Gasteiger partial charge in [0.15, 0.2) is 5.82 Å². The molecule has 0 atom stereocenters. The smallest absolute Gasteiger partial charge is 0.215 e. The minimum Gasteiger partial charge on any atom is -0.338 e. The summed E-state index contributed by atoms with van der Waals surface area (Å²) in [6.07, 6.45) is 0. The number of nitrogens with one attached hydrogen (secondary N) is 2. The van der Waals surface area contributed by atoms with Gasteiger partial charge in [0, 0.05) is 11.3 Å². The van der Waals surface area contributed by atoms with E-state index in [1.54, 1.807) is 0 Å². The molecule has 5 heteroatoms. The molecule has 4 nitrogen and oxygen atoms in total. The summed E-state index contributed by atoms with van der Waals surface area (Å²) in [5.74, 6) is 0.645. The van der Waals surface area contributed by atoms with Gasteiger partial charge < -0.3 is 5.32 Å². The van der Waals surface area contributed by atoms with Gasteiger partial charge in [-0.15, -0.1) is 0 Å². The first-order chi connectivity index (χ1) is 9.83. The maximum absolute atomic E-state index is 5.06. The van der Waals surface area contributed by atoms with Gasteiger partial charge in [0.2, 0.25) is 4.77 Å². The number of rotatable bonds is 3. The molecule has 0 amide bonds. The van der Waals surface area contributed by atoms with E-state index in [9.17, 15) is 0 Å². The van der Waals surface area contributed by atoms with Gasteiger partial charge in [-0.2, -0.15) is 10.1 Å². The molecule has 1 heterocycles. The Kier molecular flexibility index (Phi) is 3.52. The summed E-state index contributed by atoms with van der Waals surface area (Å²) in [6, 6.07) is 19.7. The number of para-hydroxylation sites is 1. The molecule has 2 N–H and O–H groups in total. The number of aromatic nitrogens is 3. The van der Waals surface area contributed by atoms with E-state index in [2.05, 4.69) is 20.5 Å². The average Bonchev–Trinajstić information content (AvgIpc) is 2.49. The second-order valence-corrected chi connectivity index (χ2v) is 4.58. The molecular formula is C15H12N4S. The number of anilines is 2. The lowest BCUT2D eigenvalue weighted by Gasteiger charge is -2.09. The third kappa shape index (κ3) is 2.73. The van der Waals surface area contributed by atoms with Gasteiger partial charge in [0.1, 0.15) is 5.69 Å². The van der Waals surface area contributed by atoms with Crippen molar-refractivity contribution in [3.63, 3.8) is 0 Å². The standard InChI is InChI=1S/C15H12N4S/c20-15-17-14(16-12-9-5-2-6-10-12)13(18-19-15)11-7-3-1-4-8-11/h1-10H,(H2,16,17,19,20). The van der Waals surface area contributed by atoms with Crippen molar-refractivity contribution in [1.29, 1.82) is 0 Å². The third-order valence-electron chi connectivity index (χ3n) is 2.78. The van der Waals surface area contributed by atoms with Crippen LogP contribution in [-0.2, 0) is 0 Å². The van der Waals surface area contributed by atoms with Crippen LogP contribution in [0.25, 0.3) is 11.3 Å². The van der Waals surface area contributed by atoms with Crippen molar-refractivity contribution in [3.8, 4) is 11.3 Å². The fraction of sp³-hybridized carbons (Fsp3) is 0. The second-order valence-electron chi connectivity index (χ2n) is 4.19. The normalized spacial score (nSPS) is 10.2. The van der Waals surface area contributed by atoms with E-state index in [0.717, 1.165) is 16.9 Å². The van der Waals surface area contributed by atoms with Crippen LogP contribution >= 0.6 is 12.2 Å². The van der Waals surface area contributed by atoms with Gasteiger partial charge in [-0.25, -0.2) is 0 Å². The molecule has 0 unspecified atom stereocenters. The lowest BCUT2D eigenvalue weighted by Crippen LogP contribution is -2.01. The summed E-state index contributed by atoms with van der Waals surface area (Å²) in [5.41, 5.74) is 2.66. The van der Waals surface area contributed by atoms with E-state index in [-0.39, 0.29) is 0 Å². The van der Waals surface area contributed by atoms with Crippen LogP contribution in [0, 0.1) is 4.77 Å². The average molecular weight is 280 g/mol. The summed E-state index contributed by atoms with van der Waals surface area (Å²) >= 11 is 5.06. The lowest BCUT2D eigenvalue weighted by molar-refractivity contribution is 0.960. The first-order valence-corrected chi connectivity index (χ1v) is 6.58. The predicted octanol–water partition coefficient (Wildman–Crippen LogP) is 3.94. The quantitative estimate of drug-likeness (QED) is 0.713. The topological polar surface area (TPSA) is 53.6 Å². The number of benzene rings is 2. The fourth-order valence-corrected chi connectivity index (χ4v) is 2.02. The van der Waals surface area contributed by atoms with Crippen molar-refractivity contribution in [2.24, 2.45) is 0 Å². The number of aromatic amines is 1. The van der Waals surface area contributed by atoms with Crippen molar-refractivity contribution >= 4 is 23.7 Å². The van der Waals surface area contributed by atoms with E-state index < -0.39 is 0 Å². The Balaban J connectivity index is 2.06. The molecular weight excluding hydrogens is 268 g/mol. The predicted molar refractivity (Wildman–Crippen MR) is 82.4 cm³/mol. The fourth-order valence-electron chi connectivity index (χ4n) is 1.88. The van der Waals surface area contributed by atoms with Gasteiger partial charge in [-0.05, 0) is 24.4 Å². The minimum absolute atomic E-state index is 0.350. The van der Waals surface area contributed by atoms with Gasteiger partial charge in [-0.3, -0.25) is 5.10 Å². The molecule has 98 valence electrons.